The average Bonchev–Trinajstić information content (AvgIpc) is 3.21. The molecule has 2 fully saturated rings. The van der Waals surface area contributed by atoms with Crippen LogP contribution < -0.4 is 10.5 Å². The summed E-state index contributed by atoms with van der Waals surface area (Å²) in [6, 6.07) is 9.84. The van der Waals surface area contributed by atoms with Crippen LogP contribution in [0.2, 0.25) is 0 Å². The maximum absolute atomic E-state index is 12.7. The third kappa shape index (κ3) is 2.81. The molecule has 0 N–H and O–H groups in total. The molecule has 1 aliphatic heterocycles. The zero-order chi connectivity index (χ0) is 21.1. The molecule has 3 aromatic heterocycles. The van der Waals surface area contributed by atoms with Crippen molar-refractivity contribution >= 4 is 16.9 Å². The van der Waals surface area contributed by atoms with Gasteiger partial charge >= 0.3 is 0 Å². The Bertz CT molecular complexity index is 1380. The highest BCUT2D eigenvalue weighted by atomic mass is 16.5. The summed E-state index contributed by atoms with van der Waals surface area (Å²) >= 11 is 0. The number of imidazole rings is 1. The Morgan fingerprint density at radius 3 is 2.65 bits per heavy atom. The molecule has 2 unspecified atom stereocenters. The van der Waals surface area contributed by atoms with Crippen molar-refractivity contribution in [1.82, 2.24) is 29.2 Å². The van der Waals surface area contributed by atoms with Crippen molar-refractivity contribution in [1.29, 1.82) is 5.26 Å². The summed E-state index contributed by atoms with van der Waals surface area (Å²) in [7, 11) is 1.76. The van der Waals surface area contributed by atoms with Gasteiger partial charge < -0.3 is 14.0 Å². The summed E-state index contributed by atoms with van der Waals surface area (Å²) in [5.41, 5.74) is 2.49. The third-order valence-electron chi connectivity index (χ3n) is 6.34. The Labute approximate surface area is 176 Å². The number of benzene rings is 1. The summed E-state index contributed by atoms with van der Waals surface area (Å²) in [4.78, 5) is 27.9. The number of hydrogen-bond acceptors (Lipinski definition) is 8. The minimum Gasteiger partial charge on any atom is -0.371 e. The minimum absolute atomic E-state index is 0.180. The lowest BCUT2D eigenvalue weighted by Gasteiger charge is -2.21. The Kier molecular flexibility index (Phi) is 3.74. The van der Waals surface area contributed by atoms with Crippen LogP contribution in [0.3, 0.4) is 0 Å². The number of aryl methyl sites for hydroxylation is 1. The smallest absolute Gasteiger partial charge is 0.280 e. The van der Waals surface area contributed by atoms with E-state index in [1.807, 2.05) is 24.3 Å². The summed E-state index contributed by atoms with van der Waals surface area (Å²) < 4.78 is 8.55. The van der Waals surface area contributed by atoms with Gasteiger partial charge in [0.1, 0.15) is 12.9 Å². The number of hydrogen-bond donors (Lipinski definition) is 0. The lowest BCUT2D eigenvalue weighted by atomic mass is 10.2. The van der Waals surface area contributed by atoms with Crippen molar-refractivity contribution < 1.29 is 4.52 Å². The molecule has 4 aromatic rings. The molecule has 154 valence electrons. The first-order valence-electron chi connectivity index (χ1n) is 10.1. The number of aromatic nitrogens is 6. The molecule has 0 bridgehead atoms. The van der Waals surface area contributed by atoms with Crippen LogP contribution in [-0.2, 0) is 13.6 Å². The second-order valence-corrected chi connectivity index (χ2v) is 8.17. The molecule has 1 aromatic carbocycles. The van der Waals surface area contributed by atoms with Crippen molar-refractivity contribution in [3.8, 4) is 6.07 Å². The molecule has 4 heterocycles. The molecule has 6 rings (SSSR count). The fourth-order valence-electron chi connectivity index (χ4n) is 4.66. The van der Waals surface area contributed by atoms with E-state index in [2.05, 4.69) is 31.1 Å². The second kappa shape index (κ2) is 6.50. The fraction of sp³-hybridized carbons (Fsp3) is 0.333. The van der Waals surface area contributed by atoms with Gasteiger partial charge in [0, 0.05) is 31.7 Å². The van der Waals surface area contributed by atoms with Gasteiger partial charge in [-0.25, -0.2) is 9.97 Å². The first kappa shape index (κ1) is 17.8. The Balaban J connectivity index is 1.15. The van der Waals surface area contributed by atoms with Gasteiger partial charge in [-0.05, 0) is 36.1 Å². The van der Waals surface area contributed by atoms with E-state index in [4.69, 9.17) is 9.78 Å². The van der Waals surface area contributed by atoms with Crippen molar-refractivity contribution in [2.24, 2.45) is 18.9 Å². The molecule has 2 atom stereocenters. The Morgan fingerprint density at radius 1 is 1.16 bits per heavy atom. The van der Waals surface area contributed by atoms with Gasteiger partial charge in [-0.3, -0.25) is 9.36 Å². The Morgan fingerprint density at radius 2 is 1.90 bits per heavy atom. The van der Waals surface area contributed by atoms with Crippen LogP contribution in [0.4, 0.5) is 5.69 Å². The molecule has 1 aliphatic carbocycles. The predicted octanol–water partition coefficient (Wildman–Crippen LogP) is 1.28. The van der Waals surface area contributed by atoms with Crippen LogP contribution in [0.1, 0.15) is 23.2 Å². The van der Waals surface area contributed by atoms with Gasteiger partial charge in [-0.15, -0.1) is 0 Å². The van der Waals surface area contributed by atoms with Crippen molar-refractivity contribution in [3.05, 3.63) is 64.6 Å². The van der Waals surface area contributed by atoms with Crippen LogP contribution >= 0.6 is 0 Å². The van der Waals surface area contributed by atoms with Crippen LogP contribution in [0, 0.1) is 23.2 Å². The molecule has 1 saturated heterocycles. The molecule has 10 nitrogen and oxygen atoms in total. The summed E-state index contributed by atoms with van der Waals surface area (Å²) in [6.07, 6.45) is 3.03. The highest BCUT2D eigenvalue weighted by Crippen LogP contribution is 2.57. The molecular formula is C21H18N8O2. The van der Waals surface area contributed by atoms with Crippen molar-refractivity contribution in [2.45, 2.75) is 12.5 Å². The Hall–Kier alpha value is -4.00. The molecular weight excluding hydrogens is 396 g/mol. The zero-order valence-corrected chi connectivity index (χ0v) is 16.7. The van der Waals surface area contributed by atoms with E-state index in [0.29, 0.717) is 46.2 Å². The molecule has 0 amide bonds. The number of piperidine rings is 1. The summed E-state index contributed by atoms with van der Waals surface area (Å²) in [5, 5.41) is 13.1. The molecule has 10 heteroatoms. The maximum Gasteiger partial charge on any atom is 0.280 e. The van der Waals surface area contributed by atoms with Gasteiger partial charge in [-0.2, -0.15) is 10.2 Å². The van der Waals surface area contributed by atoms with E-state index in [-0.39, 0.29) is 12.1 Å². The van der Waals surface area contributed by atoms with Crippen LogP contribution in [-0.4, -0.2) is 42.3 Å². The molecule has 0 spiro atoms. The van der Waals surface area contributed by atoms with Gasteiger partial charge in [0.15, 0.2) is 17.0 Å². The topological polar surface area (TPSA) is 119 Å². The zero-order valence-electron chi connectivity index (χ0n) is 16.7. The maximum atomic E-state index is 12.7. The lowest BCUT2D eigenvalue weighted by molar-refractivity contribution is 0.363. The fourth-order valence-corrected chi connectivity index (χ4v) is 4.66. The highest BCUT2D eigenvalue weighted by Gasteiger charge is 2.58. The van der Waals surface area contributed by atoms with Crippen LogP contribution in [0.15, 0.2) is 46.2 Å². The van der Waals surface area contributed by atoms with Crippen LogP contribution in [0.25, 0.3) is 11.2 Å². The molecule has 31 heavy (non-hydrogen) atoms. The van der Waals surface area contributed by atoms with Gasteiger partial charge in [-0.1, -0.05) is 5.16 Å². The lowest BCUT2D eigenvalue weighted by Crippen LogP contribution is -2.23. The predicted molar refractivity (Wildman–Crippen MR) is 109 cm³/mol. The SMILES string of the molecule is Cn1cnc2ncn(Cc3nc(C4C5CN(c6ccc(C#N)cc6)CC54)no3)c(=O)c21. The average molecular weight is 414 g/mol. The van der Waals surface area contributed by atoms with E-state index in [0.717, 1.165) is 18.8 Å². The monoisotopic (exact) mass is 414 g/mol. The quantitative estimate of drug-likeness (QED) is 0.490. The first-order chi connectivity index (χ1) is 15.1. The number of rotatable bonds is 4. The van der Waals surface area contributed by atoms with E-state index in [9.17, 15) is 4.79 Å². The molecule has 0 radical (unpaired) electrons. The van der Waals surface area contributed by atoms with E-state index >= 15 is 0 Å². The van der Waals surface area contributed by atoms with E-state index < -0.39 is 0 Å². The molecule has 1 saturated carbocycles. The van der Waals surface area contributed by atoms with Gasteiger partial charge in [0.2, 0.25) is 5.89 Å². The van der Waals surface area contributed by atoms with Crippen LogP contribution in [0.5, 0.6) is 0 Å². The second-order valence-electron chi connectivity index (χ2n) is 8.17. The number of nitriles is 1. The number of fused-ring (bicyclic) bond motifs is 2. The minimum atomic E-state index is -0.189. The summed E-state index contributed by atoms with van der Waals surface area (Å²) in [5.74, 6) is 2.40. The standard InChI is InChI=1S/C21H18N8O2/c1-27-10-23-20-18(27)21(30)29(11-24-20)9-16-25-19(26-31-16)17-14-7-28(8-15(14)17)13-4-2-12(6-22)3-5-13/h2-5,10-11,14-15,17H,7-9H2,1H3. The van der Waals surface area contributed by atoms with E-state index in [1.165, 1.54) is 10.9 Å². The summed E-state index contributed by atoms with van der Waals surface area (Å²) in [6.45, 7) is 2.05. The number of nitrogens with zero attached hydrogens (tertiary/aromatic N) is 8. The highest BCUT2D eigenvalue weighted by molar-refractivity contribution is 5.68. The van der Waals surface area contributed by atoms with Crippen molar-refractivity contribution in [2.75, 3.05) is 18.0 Å². The van der Waals surface area contributed by atoms with E-state index in [1.54, 1.807) is 17.9 Å². The van der Waals surface area contributed by atoms with Gasteiger partial charge in [0.25, 0.3) is 5.56 Å². The first-order valence-corrected chi connectivity index (χ1v) is 10.1. The number of anilines is 1. The normalized spacial score (nSPS) is 21.9. The van der Waals surface area contributed by atoms with Gasteiger partial charge in [0.05, 0.1) is 18.0 Å². The van der Waals surface area contributed by atoms with Crippen molar-refractivity contribution in [3.63, 3.8) is 0 Å². The molecule has 2 aliphatic rings. The third-order valence-corrected chi connectivity index (χ3v) is 6.34. The largest absolute Gasteiger partial charge is 0.371 e.